The highest BCUT2D eigenvalue weighted by atomic mass is 32.1. The minimum Gasteiger partial charge on any atom is -0.335 e. The lowest BCUT2D eigenvalue weighted by atomic mass is 10.2. The maximum atomic E-state index is 11.9. The van der Waals surface area contributed by atoms with E-state index in [1.807, 2.05) is 54.9 Å². The molecule has 2 heterocycles. The predicted molar refractivity (Wildman–Crippen MR) is 95.0 cm³/mol. The summed E-state index contributed by atoms with van der Waals surface area (Å²) in [5.41, 5.74) is 2.36. The van der Waals surface area contributed by atoms with E-state index >= 15 is 0 Å². The summed E-state index contributed by atoms with van der Waals surface area (Å²) in [5.74, 6) is 0.973. The van der Waals surface area contributed by atoms with Gasteiger partial charge in [0.05, 0.1) is 5.56 Å². The molecule has 0 spiro atoms. The number of anilines is 1. The fraction of sp³-hybridized carbons (Fsp3) is 0.235. The fourth-order valence-electron chi connectivity index (χ4n) is 2.07. The third-order valence-corrected chi connectivity index (χ3v) is 4.25. The number of carbonyl (C=O) groups is 1. The molecule has 0 fully saturated rings. The molecular formula is C17H18N4O2S. The standard InChI is InChI=1S/C17H18N4O2S/c1-3-11(2)18-17(22)19-14-6-4-5-12(9-14)15-20-16(23-21-15)13-7-8-24-10-13/h4-11H,3H2,1-2H3,(H2,18,19,22). The van der Waals surface area contributed by atoms with E-state index in [1.54, 1.807) is 11.3 Å². The van der Waals surface area contributed by atoms with Crippen LogP contribution in [0.4, 0.5) is 10.5 Å². The molecule has 0 aliphatic carbocycles. The summed E-state index contributed by atoms with van der Waals surface area (Å²) in [5, 5.41) is 13.6. The lowest BCUT2D eigenvalue weighted by Crippen LogP contribution is -2.35. The molecule has 24 heavy (non-hydrogen) atoms. The molecule has 3 rings (SSSR count). The number of thiophene rings is 1. The van der Waals surface area contributed by atoms with Crippen molar-refractivity contribution in [3.8, 4) is 22.8 Å². The van der Waals surface area contributed by atoms with Crippen molar-refractivity contribution in [3.05, 3.63) is 41.1 Å². The van der Waals surface area contributed by atoms with Crippen molar-refractivity contribution in [2.75, 3.05) is 5.32 Å². The second-order valence-electron chi connectivity index (χ2n) is 5.42. The third kappa shape index (κ3) is 3.80. The fourth-order valence-corrected chi connectivity index (χ4v) is 2.70. The average Bonchev–Trinajstić information content (AvgIpc) is 3.26. The molecule has 3 aromatic rings. The summed E-state index contributed by atoms with van der Waals surface area (Å²) in [6, 6.07) is 9.18. The first kappa shape index (κ1) is 16.2. The van der Waals surface area contributed by atoms with Crippen LogP contribution in [-0.2, 0) is 0 Å². The number of rotatable bonds is 5. The molecule has 1 aromatic carbocycles. The molecule has 2 aromatic heterocycles. The van der Waals surface area contributed by atoms with E-state index in [4.69, 9.17) is 4.52 Å². The Morgan fingerprint density at radius 3 is 2.96 bits per heavy atom. The van der Waals surface area contributed by atoms with Gasteiger partial charge in [-0.25, -0.2) is 4.79 Å². The van der Waals surface area contributed by atoms with Crippen LogP contribution in [0.25, 0.3) is 22.8 Å². The van der Waals surface area contributed by atoms with Crippen LogP contribution >= 0.6 is 11.3 Å². The minimum absolute atomic E-state index is 0.124. The maximum absolute atomic E-state index is 11.9. The highest BCUT2D eigenvalue weighted by Crippen LogP contribution is 2.25. The normalized spacial score (nSPS) is 11.9. The zero-order chi connectivity index (χ0) is 16.9. The van der Waals surface area contributed by atoms with E-state index in [0.717, 1.165) is 17.5 Å². The Morgan fingerprint density at radius 2 is 2.21 bits per heavy atom. The minimum atomic E-state index is -0.228. The first-order valence-electron chi connectivity index (χ1n) is 7.70. The lowest BCUT2D eigenvalue weighted by molar-refractivity contribution is 0.249. The van der Waals surface area contributed by atoms with Crippen molar-refractivity contribution in [2.45, 2.75) is 26.3 Å². The summed E-state index contributed by atoms with van der Waals surface area (Å²) in [6.45, 7) is 3.98. The van der Waals surface area contributed by atoms with Crippen molar-refractivity contribution in [1.29, 1.82) is 0 Å². The van der Waals surface area contributed by atoms with Crippen LogP contribution < -0.4 is 10.6 Å². The Bertz CT molecular complexity index is 814. The van der Waals surface area contributed by atoms with Gasteiger partial charge >= 0.3 is 6.03 Å². The molecule has 7 heteroatoms. The van der Waals surface area contributed by atoms with Crippen LogP contribution in [0.3, 0.4) is 0 Å². The monoisotopic (exact) mass is 342 g/mol. The average molecular weight is 342 g/mol. The summed E-state index contributed by atoms with van der Waals surface area (Å²) in [4.78, 5) is 16.3. The molecule has 6 nitrogen and oxygen atoms in total. The van der Waals surface area contributed by atoms with Crippen molar-refractivity contribution >= 4 is 23.1 Å². The number of nitrogens with one attached hydrogen (secondary N) is 2. The van der Waals surface area contributed by atoms with Gasteiger partial charge in [-0.05, 0) is 36.9 Å². The molecule has 0 saturated heterocycles. The molecule has 0 radical (unpaired) electrons. The highest BCUT2D eigenvalue weighted by Gasteiger charge is 2.12. The van der Waals surface area contributed by atoms with Gasteiger partial charge in [-0.1, -0.05) is 24.2 Å². The molecule has 1 unspecified atom stereocenters. The van der Waals surface area contributed by atoms with Crippen LogP contribution in [0.5, 0.6) is 0 Å². The van der Waals surface area contributed by atoms with Crippen molar-refractivity contribution in [3.63, 3.8) is 0 Å². The molecule has 2 N–H and O–H groups in total. The van der Waals surface area contributed by atoms with Gasteiger partial charge in [0.1, 0.15) is 0 Å². The molecular weight excluding hydrogens is 324 g/mol. The van der Waals surface area contributed by atoms with E-state index in [9.17, 15) is 4.79 Å². The number of carbonyl (C=O) groups excluding carboxylic acids is 1. The van der Waals surface area contributed by atoms with Gasteiger partial charge in [0.15, 0.2) is 0 Å². The van der Waals surface area contributed by atoms with Gasteiger partial charge in [-0.15, -0.1) is 0 Å². The van der Waals surface area contributed by atoms with Gasteiger partial charge in [0.25, 0.3) is 5.89 Å². The smallest absolute Gasteiger partial charge is 0.319 e. The highest BCUT2D eigenvalue weighted by molar-refractivity contribution is 7.08. The summed E-state index contributed by atoms with van der Waals surface area (Å²) < 4.78 is 5.30. The molecule has 0 bridgehead atoms. The number of hydrogen-bond acceptors (Lipinski definition) is 5. The second kappa shape index (κ2) is 7.27. The predicted octanol–water partition coefficient (Wildman–Crippen LogP) is 4.39. The van der Waals surface area contributed by atoms with Crippen molar-refractivity contribution in [1.82, 2.24) is 15.5 Å². The first-order chi connectivity index (χ1) is 11.7. The van der Waals surface area contributed by atoms with Gasteiger partial charge in [-0.2, -0.15) is 16.3 Å². The Labute approximate surface area is 143 Å². The number of amides is 2. The lowest BCUT2D eigenvalue weighted by Gasteiger charge is -2.12. The zero-order valence-corrected chi connectivity index (χ0v) is 14.3. The van der Waals surface area contributed by atoms with Crippen molar-refractivity contribution < 1.29 is 9.32 Å². The van der Waals surface area contributed by atoms with Crippen LogP contribution in [-0.4, -0.2) is 22.2 Å². The third-order valence-electron chi connectivity index (χ3n) is 3.56. The van der Waals surface area contributed by atoms with Gasteiger partial charge in [-0.3, -0.25) is 0 Å². The molecule has 1 atom stereocenters. The number of benzene rings is 1. The summed E-state index contributed by atoms with van der Waals surface area (Å²) >= 11 is 1.57. The number of urea groups is 1. The molecule has 0 aliphatic heterocycles. The Hall–Kier alpha value is -2.67. The van der Waals surface area contributed by atoms with Gasteiger partial charge in [0.2, 0.25) is 5.82 Å². The van der Waals surface area contributed by atoms with Crippen LogP contribution in [0.1, 0.15) is 20.3 Å². The number of nitrogens with zero attached hydrogens (tertiary/aromatic N) is 2. The van der Waals surface area contributed by atoms with Gasteiger partial charge < -0.3 is 15.2 Å². The van der Waals surface area contributed by atoms with E-state index in [0.29, 0.717) is 17.4 Å². The second-order valence-corrected chi connectivity index (χ2v) is 6.20. The molecule has 2 amide bonds. The topological polar surface area (TPSA) is 80.0 Å². The first-order valence-corrected chi connectivity index (χ1v) is 8.64. The van der Waals surface area contributed by atoms with E-state index < -0.39 is 0 Å². The molecule has 0 saturated carbocycles. The van der Waals surface area contributed by atoms with Crippen LogP contribution in [0.15, 0.2) is 45.6 Å². The Morgan fingerprint density at radius 1 is 1.33 bits per heavy atom. The Balaban J connectivity index is 1.75. The summed E-state index contributed by atoms with van der Waals surface area (Å²) in [6.07, 6.45) is 0.877. The SMILES string of the molecule is CCC(C)NC(=O)Nc1cccc(-c2noc(-c3ccsc3)n2)c1. The van der Waals surface area contributed by atoms with E-state index in [1.165, 1.54) is 0 Å². The summed E-state index contributed by atoms with van der Waals surface area (Å²) in [7, 11) is 0. The van der Waals surface area contributed by atoms with Crippen LogP contribution in [0.2, 0.25) is 0 Å². The quantitative estimate of drug-likeness (QED) is 0.721. The van der Waals surface area contributed by atoms with Crippen LogP contribution in [0, 0.1) is 0 Å². The van der Waals surface area contributed by atoms with E-state index in [2.05, 4.69) is 20.8 Å². The zero-order valence-electron chi connectivity index (χ0n) is 13.4. The largest absolute Gasteiger partial charge is 0.335 e. The molecule has 124 valence electrons. The maximum Gasteiger partial charge on any atom is 0.319 e. The van der Waals surface area contributed by atoms with Gasteiger partial charge in [0, 0.05) is 22.7 Å². The number of aromatic nitrogens is 2. The van der Waals surface area contributed by atoms with E-state index in [-0.39, 0.29) is 12.1 Å². The van der Waals surface area contributed by atoms with Crippen molar-refractivity contribution in [2.24, 2.45) is 0 Å². The number of hydrogen-bond donors (Lipinski definition) is 2. The molecule has 0 aliphatic rings. The Kier molecular flexibility index (Phi) is 4.90.